The van der Waals surface area contributed by atoms with Gasteiger partial charge in [0, 0.05) is 30.6 Å². The fourth-order valence-corrected chi connectivity index (χ4v) is 1.69. The molecule has 0 bridgehead atoms. The predicted octanol–water partition coefficient (Wildman–Crippen LogP) is 2.34. The first-order valence-corrected chi connectivity index (χ1v) is 5.74. The number of halogens is 1. The maximum Gasteiger partial charge on any atom is 0.127 e. The summed E-state index contributed by atoms with van der Waals surface area (Å²) in [6, 6.07) is 3.89. The first-order valence-electron chi connectivity index (χ1n) is 5.21. The molecule has 1 rings (SSSR count). The van der Waals surface area contributed by atoms with Crippen LogP contribution in [0.2, 0.25) is 0 Å². The Kier molecular flexibility index (Phi) is 5.43. The molecule has 0 saturated carbocycles. The van der Waals surface area contributed by atoms with Crippen LogP contribution in [0.15, 0.2) is 12.1 Å². The van der Waals surface area contributed by atoms with Gasteiger partial charge in [0.05, 0.1) is 14.2 Å². The van der Waals surface area contributed by atoms with Crippen molar-refractivity contribution >= 4 is 11.6 Å². The highest BCUT2D eigenvalue weighted by Crippen LogP contribution is 2.28. The van der Waals surface area contributed by atoms with Crippen LogP contribution in [0.1, 0.15) is 11.1 Å². The van der Waals surface area contributed by atoms with Crippen LogP contribution in [0.3, 0.4) is 0 Å². The Morgan fingerprint density at radius 3 is 2.56 bits per heavy atom. The van der Waals surface area contributed by atoms with E-state index in [4.69, 9.17) is 21.1 Å². The highest BCUT2D eigenvalue weighted by atomic mass is 35.5. The molecule has 0 aliphatic carbocycles. The molecular formula is C12H18ClNO2. The van der Waals surface area contributed by atoms with Gasteiger partial charge >= 0.3 is 0 Å². The van der Waals surface area contributed by atoms with Gasteiger partial charge in [-0.2, -0.15) is 0 Å². The van der Waals surface area contributed by atoms with E-state index in [-0.39, 0.29) is 0 Å². The molecule has 0 heterocycles. The Morgan fingerprint density at radius 2 is 2.00 bits per heavy atom. The minimum Gasteiger partial charge on any atom is -0.497 e. The van der Waals surface area contributed by atoms with Crippen LogP contribution in [0.25, 0.3) is 0 Å². The summed E-state index contributed by atoms with van der Waals surface area (Å²) in [6.07, 6.45) is 0. The third kappa shape index (κ3) is 3.29. The van der Waals surface area contributed by atoms with Crippen molar-refractivity contribution in [2.45, 2.75) is 13.5 Å². The summed E-state index contributed by atoms with van der Waals surface area (Å²) in [6.45, 7) is 3.59. The molecule has 0 atom stereocenters. The number of alkyl halides is 1. The Bertz CT molecular complexity index is 342. The molecule has 0 aromatic heterocycles. The van der Waals surface area contributed by atoms with Gasteiger partial charge in [0.25, 0.3) is 0 Å². The van der Waals surface area contributed by atoms with Gasteiger partial charge in [-0.1, -0.05) is 0 Å². The SMILES string of the molecule is COc1cc(C)c(CNCCCl)c(OC)c1. The van der Waals surface area contributed by atoms with Gasteiger partial charge < -0.3 is 14.8 Å². The van der Waals surface area contributed by atoms with Crippen molar-refractivity contribution in [1.29, 1.82) is 0 Å². The Balaban J connectivity index is 2.88. The topological polar surface area (TPSA) is 30.5 Å². The molecule has 0 aliphatic rings. The largest absolute Gasteiger partial charge is 0.497 e. The average Bonchev–Trinajstić information content (AvgIpc) is 2.30. The summed E-state index contributed by atoms with van der Waals surface area (Å²) in [5.41, 5.74) is 2.30. The molecule has 0 amide bonds. The summed E-state index contributed by atoms with van der Waals surface area (Å²) >= 11 is 5.62. The maximum absolute atomic E-state index is 5.62. The van der Waals surface area contributed by atoms with Crippen LogP contribution < -0.4 is 14.8 Å². The summed E-state index contributed by atoms with van der Waals surface area (Å²) in [4.78, 5) is 0. The molecule has 16 heavy (non-hydrogen) atoms. The van der Waals surface area contributed by atoms with E-state index in [9.17, 15) is 0 Å². The monoisotopic (exact) mass is 243 g/mol. The van der Waals surface area contributed by atoms with E-state index in [1.54, 1.807) is 14.2 Å². The normalized spacial score (nSPS) is 10.2. The lowest BCUT2D eigenvalue weighted by Crippen LogP contribution is -2.17. The van der Waals surface area contributed by atoms with Crippen molar-refractivity contribution in [3.8, 4) is 11.5 Å². The third-order valence-corrected chi connectivity index (χ3v) is 2.62. The number of benzene rings is 1. The molecule has 0 aliphatic heterocycles. The molecule has 4 heteroatoms. The van der Waals surface area contributed by atoms with E-state index in [2.05, 4.69) is 5.32 Å². The zero-order valence-electron chi connectivity index (χ0n) is 9.97. The third-order valence-electron chi connectivity index (χ3n) is 2.43. The molecule has 0 fully saturated rings. The zero-order valence-corrected chi connectivity index (χ0v) is 10.7. The number of nitrogens with one attached hydrogen (secondary N) is 1. The van der Waals surface area contributed by atoms with Crippen molar-refractivity contribution < 1.29 is 9.47 Å². The van der Waals surface area contributed by atoms with Crippen LogP contribution in [-0.4, -0.2) is 26.6 Å². The van der Waals surface area contributed by atoms with E-state index in [0.29, 0.717) is 5.88 Å². The van der Waals surface area contributed by atoms with Crippen molar-refractivity contribution in [3.05, 3.63) is 23.3 Å². The second-order valence-electron chi connectivity index (χ2n) is 3.49. The van der Waals surface area contributed by atoms with E-state index in [1.165, 1.54) is 0 Å². The predicted molar refractivity (Wildman–Crippen MR) is 66.7 cm³/mol. The van der Waals surface area contributed by atoms with Crippen molar-refractivity contribution in [2.75, 3.05) is 26.6 Å². The molecule has 0 saturated heterocycles. The summed E-state index contributed by atoms with van der Waals surface area (Å²) in [7, 11) is 3.32. The smallest absolute Gasteiger partial charge is 0.127 e. The average molecular weight is 244 g/mol. The van der Waals surface area contributed by atoms with Gasteiger partial charge in [0.2, 0.25) is 0 Å². The van der Waals surface area contributed by atoms with Crippen molar-refractivity contribution in [3.63, 3.8) is 0 Å². The van der Waals surface area contributed by atoms with Gasteiger partial charge in [-0.3, -0.25) is 0 Å². The molecule has 90 valence electrons. The van der Waals surface area contributed by atoms with Gasteiger partial charge in [0.1, 0.15) is 11.5 Å². The quantitative estimate of drug-likeness (QED) is 0.615. The number of methoxy groups -OCH3 is 2. The summed E-state index contributed by atoms with van der Waals surface area (Å²) in [5.74, 6) is 2.27. The van der Waals surface area contributed by atoms with Crippen LogP contribution >= 0.6 is 11.6 Å². The number of hydrogen-bond acceptors (Lipinski definition) is 3. The highest BCUT2D eigenvalue weighted by Gasteiger charge is 2.08. The van der Waals surface area contributed by atoms with Crippen molar-refractivity contribution in [1.82, 2.24) is 5.32 Å². The molecule has 1 N–H and O–H groups in total. The molecule has 0 radical (unpaired) electrons. The Labute approximate surface area is 102 Å². The summed E-state index contributed by atoms with van der Waals surface area (Å²) < 4.78 is 10.5. The van der Waals surface area contributed by atoms with Gasteiger partial charge in [-0.25, -0.2) is 0 Å². The van der Waals surface area contributed by atoms with Gasteiger partial charge in [-0.05, 0) is 18.6 Å². The van der Waals surface area contributed by atoms with E-state index in [1.807, 2.05) is 19.1 Å². The fourth-order valence-electron chi connectivity index (χ4n) is 1.56. The number of ether oxygens (including phenoxy) is 2. The maximum atomic E-state index is 5.62. The lowest BCUT2D eigenvalue weighted by Gasteiger charge is -2.14. The van der Waals surface area contributed by atoms with Crippen LogP contribution in [-0.2, 0) is 6.54 Å². The first kappa shape index (κ1) is 13.1. The lowest BCUT2D eigenvalue weighted by atomic mass is 10.1. The standard InChI is InChI=1S/C12H18ClNO2/c1-9-6-10(15-2)7-12(16-3)11(9)8-14-5-4-13/h6-7,14H,4-5,8H2,1-3H3. The first-order chi connectivity index (χ1) is 7.72. The minimum atomic E-state index is 0.609. The van der Waals surface area contributed by atoms with Crippen LogP contribution in [0.4, 0.5) is 0 Å². The lowest BCUT2D eigenvalue weighted by molar-refractivity contribution is 0.389. The van der Waals surface area contributed by atoms with Gasteiger partial charge in [-0.15, -0.1) is 11.6 Å². The minimum absolute atomic E-state index is 0.609. The molecular weight excluding hydrogens is 226 g/mol. The number of rotatable bonds is 6. The van der Waals surface area contributed by atoms with E-state index >= 15 is 0 Å². The Morgan fingerprint density at radius 1 is 1.25 bits per heavy atom. The van der Waals surface area contributed by atoms with Crippen LogP contribution in [0, 0.1) is 6.92 Å². The molecule has 0 spiro atoms. The fraction of sp³-hybridized carbons (Fsp3) is 0.500. The Hall–Kier alpha value is -0.930. The second kappa shape index (κ2) is 6.61. The number of aryl methyl sites for hydroxylation is 1. The molecule has 1 aromatic rings. The summed E-state index contributed by atoms with van der Waals surface area (Å²) in [5, 5.41) is 3.25. The molecule has 3 nitrogen and oxygen atoms in total. The molecule has 0 unspecified atom stereocenters. The zero-order chi connectivity index (χ0) is 12.0. The highest BCUT2D eigenvalue weighted by molar-refractivity contribution is 6.18. The van der Waals surface area contributed by atoms with E-state index < -0.39 is 0 Å². The van der Waals surface area contributed by atoms with Crippen LogP contribution in [0.5, 0.6) is 11.5 Å². The molecule has 1 aromatic carbocycles. The number of hydrogen-bond donors (Lipinski definition) is 1. The second-order valence-corrected chi connectivity index (χ2v) is 3.87. The van der Waals surface area contributed by atoms with E-state index in [0.717, 1.165) is 35.7 Å². The van der Waals surface area contributed by atoms with Crippen molar-refractivity contribution in [2.24, 2.45) is 0 Å². The van der Waals surface area contributed by atoms with Gasteiger partial charge in [0.15, 0.2) is 0 Å².